The number of nitrogens with two attached hydrogens (primary N) is 1. The fourth-order valence-electron chi connectivity index (χ4n) is 2.34. The first-order chi connectivity index (χ1) is 10.5. The summed E-state index contributed by atoms with van der Waals surface area (Å²) in [6.07, 6.45) is 6.41. The highest BCUT2D eigenvalue weighted by atomic mass is 35.5. The molecule has 0 aliphatic heterocycles. The summed E-state index contributed by atoms with van der Waals surface area (Å²) in [5.74, 6) is 0. The summed E-state index contributed by atoms with van der Waals surface area (Å²) in [7, 11) is -3.67. The van der Waals surface area contributed by atoms with Crippen molar-refractivity contribution < 1.29 is 8.42 Å². The summed E-state index contributed by atoms with van der Waals surface area (Å²) in [4.78, 5) is 4.05. The molecule has 0 unspecified atom stereocenters. The Morgan fingerprint density at radius 2 is 2.14 bits per heavy atom. The first-order valence-electron chi connectivity index (χ1n) is 6.69. The highest BCUT2D eigenvalue weighted by molar-refractivity contribution is 7.92. The van der Waals surface area contributed by atoms with Crippen LogP contribution in [0, 0.1) is 0 Å². The van der Waals surface area contributed by atoms with E-state index in [1.54, 1.807) is 24.7 Å². The molecule has 2 N–H and O–H groups in total. The molecule has 0 fully saturated rings. The largest absolute Gasteiger partial charge is 0.330 e. The monoisotopic (exact) mass is 355 g/mol. The maximum Gasteiger partial charge on any atom is 0.277 e. The Bertz CT molecular complexity index is 915. The number of nitrogens with zero attached hydrogens (tertiary/aromatic N) is 2. The summed E-state index contributed by atoms with van der Waals surface area (Å²) >= 11 is 6.91. The minimum atomic E-state index is -3.67. The molecule has 22 heavy (non-hydrogen) atoms. The molecule has 8 heteroatoms. The van der Waals surface area contributed by atoms with Crippen LogP contribution >= 0.6 is 22.9 Å². The molecule has 3 rings (SSSR count). The van der Waals surface area contributed by atoms with E-state index in [0.717, 1.165) is 35.1 Å². The second-order valence-corrected chi connectivity index (χ2v) is 8.56. The van der Waals surface area contributed by atoms with Gasteiger partial charge in [0.05, 0.1) is 16.0 Å². The number of aromatic nitrogens is 2. The molecule has 0 bridgehead atoms. The predicted octanol–water partition coefficient (Wildman–Crippen LogP) is 2.88. The van der Waals surface area contributed by atoms with Crippen molar-refractivity contribution in [2.24, 2.45) is 5.73 Å². The average molecular weight is 356 g/mol. The Morgan fingerprint density at radius 3 is 2.82 bits per heavy atom. The van der Waals surface area contributed by atoms with Gasteiger partial charge in [-0.1, -0.05) is 11.6 Å². The van der Waals surface area contributed by atoms with Crippen molar-refractivity contribution in [3.8, 4) is 0 Å². The number of hydrogen-bond donors (Lipinski definition) is 1. The zero-order valence-corrected chi connectivity index (χ0v) is 14.0. The van der Waals surface area contributed by atoms with E-state index in [1.807, 2.05) is 6.07 Å². The smallest absolute Gasteiger partial charge is 0.277 e. The molecule has 3 heterocycles. The van der Waals surface area contributed by atoms with E-state index in [0.29, 0.717) is 16.4 Å². The first kappa shape index (κ1) is 15.5. The highest BCUT2D eigenvalue weighted by Gasteiger charge is 2.22. The fraction of sp³-hybridized carbons (Fsp3) is 0.214. The van der Waals surface area contributed by atoms with Crippen LogP contribution in [0.1, 0.15) is 12.0 Å². The van der Waals surface area contributed by atoms with Crippen molar-refractivity contribution >= 4 is 43.9 Å². The molecule has 0 saturated heterocycles. The van der Waals surface area contributed by atoms with Crippen LogP contribution in [-0.2, 0) is 16.4 Å². The maximum atomic E-state index is 12.8. The third-order valence-corrected chi connectivity index (χ3v) is 6.74. The number of rotatable bonds is 5. The molecule has 116 valence electrons. The molecule has 0 saturated carbocycles. The summed E-state index contributed by atoms with van der Waals surface area (Å²) in [5, 5.41) is 0.884. The normalized spacial score (nSPS) is 12.1. The lowest BCUT2D eigenvalue weighted by molar-refractivity contribution is 0.591. The van der Waals surface area contributed by atoms with Gasteiger partial charge < -0.3 is 5.73 Å². The maximum absolute atomic E-state index is 12.8. The molecule has 0 atom stereocenters. The van der Waals surface area contributed by atoms with Crippen LogP contribution < -0.4 is 5.73 Å². The van der Waals surface area contributed by atoms with E-state index in [4.69, 9.17) is 17.3 Å². The summed E-state index contributed by atoms with van der Waals surface area (Å²) in [5.41, 5.74) is 7.08. The van der Waals surface area contributed by atoms with E-state index in [-0.39, 0.29) is 4.21 Å². The number of thiophene rings is 1. The Labute approximate surface area is 137 Å². The van der Waals surface area contributed by atoms with Gasteiger partial charge in [-0.2, -0.15) is 8.42 Å². The first-order valence-corrected chi connectivity index (χ1v) is 9.32. The number of hydrogen-bond acceptors (Lipinski definition) is 5. The zero-order valence-electron chi connectivity index (χ0n) is 11.6. The van der Waals surface area contributed by atoms with Crippen molar-refractivity contribution in [3.05, 3.63) is 46.7 Å². The van der Waals surface area contributed by atoms with Gasteiger partial charge in [0.1, 0.15) is 4.21 Å². The summed E-state index contributed by atoms with van der Waals surface area (Å²) in [6.45, 7) is 0.561. The van der Waals surface area contributed by atoms with Crippen LogP contribution in [0.25, 0.3) is 10.9 Å². The van der Waals surface area contributed by atoms with Gasteiger partial charge in [0.2, 0.25) is 0 Å². The topological polar surface area (TPSA) is 78.0 Å². The average Bonchev–Trinajstić information content (AvgIpc) is 3.10. The van der Waals surface area contributed by atoms with E-state index in [2.05, 4.69) is 4.98 Å². The Kier molecular flexibility index (Phi) is 4.22. The van der Waals surface area contributed by atoms with Crippen molar-refractivity contribution in [1.82, 2.24) is 8.96 Å². The molecule has 0 aromatic carbocycles. The van der Waals surface area contributed by atoms with Crippen molar-refractivity contribution in [1.29, 1.82) is 0 Å². The van der Waals surface area contributed by atoms with Gasteiger partial charge in [-0.05, 0) is 43.1 Å². The molecule has 0 spiro atoms. The third kappa shape index (κ3) is 2.65. The van der Waals surface area contributed by atoms with Gasteiger partial charge in [0.15, 0.2) is 0 Å². The van der Waals surface area contributed by atoms with Gasteiger partial charge in [-0.25, -0.2) is 3.97 Å². The molecule has 0 aliphatic carbocycles. The number of pyridine rings is 1. The Balaban J connectivity index is 2.18. The van der Waals surface area contributed by atoms with E-state index < -0.39 is 10.0 Å². The molecule has 3 aromatic heterocycles. The van der Waals surface area contributed by atoms with Gasteiger partial charge in [0.25, 0.3) is 10.0 Å². The molecule has 5 nitrogen and oxygen atoms in total. The third-order valence-electron chi connectivity index (χ3n) is 3.37. The van der Waals surface area contributed by atoms with Crippen LogP contribution in [0.5, 0.6) is 0 Å². The molecule has 0 aliphatic rings. The Morgan fingerprint density at radius 1 is 1.32 bits per heavy atom. The van der Waals surface area contributed by atoms with Crippen LogP contribution in [-0.4, -0.2) is 23.9 Å². The second kappa shape index (κ2) is 6.00. The number of fused-ring (bicyclic) bond motifs is 1. The zero-order chi connectivity index (χ0) is 15.7. The van der Waals surface area contributed by atoms with Gasteiger partial charge in [-0.3, -0.25) is 4.98 Å². The Hall–Kier alpha value is -1.41. The molecule has 3 aromatic rings. The molecular weight excluding hydrogens is 342 g/mol. The molecular formula is C14H14ClN3O2S2. The van der Waals surface area contributed by atoms with Gasteiger partial charge in [-0.15, -0.1) is 11.3 Å². The standard InChI is InChI=1S/C14H14ClN3O2S2/c15-13-3-4-14(21-13)22(19,20)18-9-10(2-1-6-16)11-5-7-17-8-12(11)18/h3-5,7-9H,1-2,6,16H2. The van der Waals surface area contributed by atoms with E-state index >= 15 is 0 Å². The van der Waals surface area contributed by atoms with Crippen LogP contribution in [0.2, 0.25) is 4.34 Å². The second-order valence-electron chi connectivity index (χ2n) is 4.80. The molecule has 0 amide bonds. The predicted molar refractivity (Wildman–Crippen MR) is 89.0 cm³/mol. The van der Waals surface area contributed by atoms with Crippen molar-refractivity contribution in [2.45, 2.75) is 17.1 Å². The SMILES string of the molecule is NCCCc1cn(S(=O)(=O)c2ccc(Cl)s2)c2cnccc12. The van der Waals surface area contributed by atoms with Crippen LogP contribution in [0.3, 0.4) is 0 Å². The molecule has 0 radical (unpaired) electrons. The van der Waals surface area contributed by atoms with Crippen molar-refractivity contribution in [2.75, 3.05) is 6.54 Å². The van der Waals surface area contributed by atoms with Crippen LogP contribution in [0.4, 0.5) is 0 Å². The highest BCUT2D eigenvalue weighted by Crippen LogP contribution is 2.31. The van der Waals surface area contributed by atoms with E-state index in [9.17, 15) is 8.42 Å². The lowest BCUT2D eigenvalue weighted by Gasteiger charge is -2.04. The lowest BCUT2D eigenvalue weighted by atomic mass is 10.1. The fourth-order valence-corrected chi connectivity index (χ4v) is 5.29. The summed E-state index contributed by atoms with van der Waals surface area (Å²) < 4.78 is 27.6. The van der Waals surface area contributed by atoms with Gasteiger partial charge >= 0.3 is 0 Å². The van der Waals surface area contributed by atoms with Crippen molar-refractivity contribution in [3.63, 3.8) is 0 Å². The number of aryl methyl sites for hydroxylation is 1. The van der Waals surface area contributed by atoms with Crippen LogP contribution in [0.15, 0.2) is 41.0 Å². The quantitative estimate of drug-likeness (QED) is 0.763. The summed E-state index contributed by atoms with van der Waals surface area (Å²) in [6, 6.07) is 4.93. The lowest BCUT2D eigenvalue weighted by Crippen LogP contribution is -2.10. The number of halogens is 1. The minimum Gasteiger partial charge on any atom is -0.330 e. The van der Waals surface area contributed by atoms with Gasteiger partial charge in [0, 0.05) is 17.8 Å². The van der Waals surface area contributed by atoms with E-state index in [1.165, 1.54) is 10.0 Å². The minimum absolute atomic E-state index is 0.212.